The summed E-state index contributed by atoms with van der Waals surface area (Å²) in [6.45, 7) is 6.27. The third kappa shape index (κ3) is 29.7. The van der Waals surface area contributed by atoms with Gasteiger partial charge in [0.25, 0.3) is 0 Å². The Morgan fingerprint density at radius 1 is 0.688 bits per heavy atom. The van der Waals surface area contributed by atoms with Crippen LogP contribution in [0.5, 0.6) is 0 Å². The Morgan fingerprint density at radius 2 is 1.03 bits per heavy atom. The van der Waals surface area contributed by atoms with E-state index in [2.05, 4.69) is 17.5 Å². The van der Waals surface area contributed by atoms with Gasteiger partial charge in [0.05, 0.1) is 31.8 Å². The Labute approximate surface area is 237 Å². The van der Waals surface area contributed by atoms with Gasteiger partial charge in [0.15, 0.2) is 0 Å². The molecule has 0 aromatic rings. The molecule has 15 heteroatoms. The average molecular weight is 527 g/mol. The van der Waals surface area contributed by atoms with Gasteiger partial charge in [0.1, 0.15) is 0 Å². The maximum Gasteiger partial charge on any atom is 1.00 e. The van der Waals surface area contributed by atoms with Crippen molar-refractivity contribution in [3.8, 4) is 0 Å². The normalized spacial score (nSPS) is 11.7. The Balaban J connectivity index is -0.000000303. The molecule has 0 atom stereocenters. The van der Waals surface area contributed by atoms with E-state index in [1.807, 2.05) is 0 Å². The van der Waals surface area contributed by atoms with Crippen LogP contribution >= 0.6 is 0 Å². The van der Waals surface area contributed by atoms with E-state index in [0.29, 0.717) is 26.4 Å². The summed E-state index contributed by atoms with van der Waals surface area (Å²) in [4.78, 5) is 0. The van der Waals surface area contributed by atoms with E-state index < -0.39 is 26.2 Å². The first-order chi connectivity index (χ1) is 13.9. The molecule has 2 N–H and O–H groups in total. The molecule has 0 heterocycles. The van der Waals surface area contributed by atoms with Crippen LogP contribution in [0.15, 0.2) is 0 Å². The number of aliphatic hydroxyl groups is 2. The van der Waals surface area contributed by atoms with Crippen LogP contribution in [-0.4, -0.2) is 75.8 Å². The molecule has 0 saturated carbocycles. The Kier molecular flexibility index (Phi) is 31.0. The van der Waals surface area contributed by atoms with Gasteiger partial charge < -0.3 is 28.8 Å². The van der Waals surface area contributed by atoms with Gasteiger partial charge in [-0.25, -0.2) is 16.8 Å². The first-order valence-corrected chi connectivity index (χ1v) is 12.6. The smallest absolute Gasteiger partial charge is 0.725 e. The van der Waals surface area contributed by atoms with Gasteiger partial charge in [0, 0.05) is 13.2 Å². The number of ether oxygens (including phenoxy) is 2. The minimum absolute atomic E-state index is 0. The summed E-state index contributed by atoms with van der Waals surface area (Å²) in [6, 6.07) is 0. The number of aliphatic hydroxyl groups excluding tert-OH is 2. The van der Waals surface area contributed by atoms with Gasteiger partial charge in [-0.2, -0.15) is 3.63 Å². The zero-order valence-electron chi connectivity index (χ0n) is 19.8. The first kappa shape index (κ1) is 40.8. The van der Waals surface area contributed by atoms with Crippen LogP contribution < -0.4 is 59.1 Å². The second kappa shape index (κ2) is 24.3. The fraction of sp³-hybridized carbons (Fsp3) is 1.00. The standard InChI is InChI=1S/C17H36O4.2Na.H2O7S2/c1-3-5-7-9-11-20-15-17(13-18,14-19)16-21-12-10-8-6-4-2;;;1-8(2,3)7-9(4,5)6/h18-19H,3-16H2,1-2H3;;;(H,1,2,3)(H,4,5,6)/q;2*+1;/p-2. The molecule has 0 aliphatic carbocycles. The molecule has 0 radical (unpaired) electrons. The van der Waals surface area contributed by atoms with Crippen molar-refractivity contribution in [3.63, 3.8) is 0 Å². The van der Waals surface area contributed by atoms with Gasteiger partial charge in [-0.1, -0.05) is 52.4 Å². The van der Waals surface area contributed by atoms with Crippen molar-refractivity contribution >= 4 is 20.8 Å². The molecule has 0 aliphatic heterocycles. The summed E-state index contributed by atoms with van der Waals surface area (Å²) >= 11 is 0. The van der Waals surface area contributed by atoms with Gasteiger partial charge in [-0.15, -0.1) is 0 Å². The van der Waals surface area contributed by atoms with Crippen LogP contribution in [-0.2, 0) is 33.9 Å². The van der Waals surface area contributed by atoms with Crippen molar-refractivity contribution in [2.75, 3.05) is 39.6 Å². The van der Waals surface area contributed by atoms with Crippen molar-refractivity contribution < 1.29 is 108 Å². The third-order valence-electron chi connectivity index (χ3n) is 3.94. The topological polar surface area (TPSA) is 183 Å². The maximum absolute atomic E-state index is 9.54. The fourth-order valence-corrected chi connectivity index (χ4v) is 3.03. The minimum atomic E-state index is -5.43. The van der Waals surface area contributed by atoms with Crippen molar-refractivity contribution in [2.24, 2.45) is 5.41 Å². The van der Waals surface area contributed by atoms with Crippen LogP contribution in [0.2, 0.25) is 0 Å². The van der Waals surface area contributed by atoms with Crippen LogP contribution in [0, 0.1) is 5.41 Å². The molecule has 0 bridgehead atoms. The van der Waals surface area contributed by atoms with E-state index in [0.717, 1.165) is 12.8 Å². The van der Waals surface area contributed by atoms with Crippen molar-refractivity contribution in [1.29, 1.82) is 0 Å². The zero-order chi connectivity index (χ0) is 23.5. The van der Waals surface area contributed by atoms with Crippen molar-refractivity contribution in [2.45, 2.75) is 65.2 Å². The molecule has 0 aromatic carbocycles. The van der Waals surface area contributed by atoms with Crippen LogP contribution in [0.4, 0.5) is 0 Å². The first-order valence-electron chi connectivity index (χ1n) is 9.95. The van der Waals surface area contributed by atoms with E-state index in [9.17, 15) is 36.2 Å². The molecule has 0 amide bonds. The maximum atomic E-state index is 9.54. The molecule has 0 aliphatic rings. The molecule has 0 spiro atoms. The molecule has 32 heavy (non-hydrogen) atoms. The van der Waals surface area contributed by atoms with E-state index in [1.54, 1.807) is 0 Å². The third-order valence-corrected chi connectivity index (χ3v) is 5.27. The summed E-state index contributed by atoms with van der Waals surface area (Å²) in [5.74, 6) is 0. The predicted octanol–water partition coefficient (Wildman–Crippen LogP) is -4.92. The molecule has 0 unspecified atom stereocenters. The Hall–Kier alpha value is 1.62. The van der Waals surface area contributed by atoms with Gasteiger partial charge in [-0.3, -0.25) is 0 Å². The van der Waals surface area contributed by atoms with Gasteiger partial charge in [-0.05, 0) is 12.8 Å². The summed E-state index contributed by atoms with van der Waals surface area (Å²) in [7, 11) is -10.9. The van der Waals surface area contributed by atoms with Gasteiger partial charge in [0.2, 0.25) is 20.8 Å². The molecule has 0 rings (SSSR count). The Morgan fingerprint density at radius 3 is 1.25 bits per heavy atom. The zero-order valence-corrected chi connectivity index (χ0v) is 25.4. The Bertz CT molecular complexity index is 550. The summed E-state index contributed by atoms with van der Waals surface area (Å²) in [5, 5.41) is 19.1. The fourth-order valence-electron chi connectivity index (χ4n) is 2.22. The number of rotatable bonds is 18. The molecular formula is C17H36Na2O11S2. The van der Waals surface area contributed by atoms with Gasteiger partial charge >= 0.3 is 59.1 Å². The van der Waals surface area contributed by atoms with E-state index >= 15 is 0 Å². The summed E-state index contributed by atoms with van der Waals surface area (Å²) < 4.78 is 69.4. The second-order valence-corrected chi connectivity index (χ2v) is 9.10. The number of hydrogen-bond donors (Lipinski definition) is 2. The van der Waals surface area contributed by atoms with Crippen LogP contribution in [0.1, 0.15) is 65.2 Å². The SMILES string of the molecule is CCCCCCOCC(CO)(CO)COCCCCCC.O=S(=O)([O-])OS(=O)(=O)[O-].[Na+].[Na+]. The molecule has 0 fully saturated rings. The van der Waals surface area contributed by atoms with E-state index in [-0.39, 0.29) is 72.3 Å². The second-order valence-electron chi connectivity index (χ2n) is 6.93. The van der Waals surface area contributed by atoms with Crippen LogP contribution in [0.25, 0.3) is 0 Å². The molecular weight excluding hydrogens is 490 g/mol. The monoisotopic (exact) mass is 526 g/mol. The molecule has 184 valence electrons. The summed E-state index contributed by atoms with van der Waals surface area (Å²) in [6.07, 6.45) is 9.32. The summed E-state index contributed by atoms with van der Waals surface area (Å²) in [5.41, 5.74) is -0.657. The molecule has 0 aromatic heterocycles. The molecule has 11 nitrogen and oxygen atoms in total. The molecule has 0 saturated heterocycles. The minimum Gasteiger partial charge on any atom is -0.725 e. The van der Waals surface area contributed by atoms with E-state index in [1.165, 1.54) is 38.5 Å². The quantitative estimate of drug-likeness (QED) is 0.0755. The van der Waals surface area contributed by atoms with Crippen molar-refractivity contribution in [3.05, 3.63) is 0 Å². The average Bonchev–Trinajstić information content (AvgIpc) is 2.63. The van der Waals surface area contributed by atoms with Crippen molar-refractivity contribution in [1.82, 2.24) is 0 Å². The predicted molar refractivity (Wildman–Crippen MR) is 107 cm³/mol. The number of hydrogen-bond acceptors (Lipinski definition) is 11. The number of unbranched alkanes of at least 4 members (excludes halogenated alkanes) is 6. The van der Waals surface area contributed by atoms with E-state index in [4.69, 9.17) is 9.47 Å². The largest absolute Gasteiger partial charge is 1.00 e. The van der Waals surface area contributed by atoms with Crippen LogP contribution in [0.3, 0.4) is 0 Å².